The van der Waals surface area contributed by atoms with Crippen LogP contribution in [0.1, 0.15) is 104 Å². The molecule has 0 fully saturated rings. The van der Waals surface area contributed by atoms with Crippen LogP contribution in [0, 0.1) is 0 Å². The first-order chi connectivity index (χ1) is 12.6. The molecule has 0 spiro atoms. The van der Waals surface area contributed by atoms with Crippen molar-refractivity contribution in [3.63, 3.8) is 0 Å². The van der Waals surface area contributed by atoms with Crippen molar-refractivity contribution in [2.24, 2.45) is 0 Å². The summed E-state index contributed by atoms with van der Waals surface area (Å²) in [7, 11) is 0. The van der Waals surface area contributed by atoms with Crippen molar-refractivity contribution < 1.29 is 15.0 Å². The number of rotatable bonds is 18. The average molecular weight is 370 g/mol. The zero-order valence-corrected chi connectivity index (χ0v) is 17.2. The number of carbonyl (C=O) groups is 1. The fraction of sp³-hybridized carbons (Fsp3) is 0.864. The molecule has 1 amide bonds. The number of aliphatic hydroxyl groups excluding tert-OH is 2. The van der Waals surface area contributed by atoms with Gasteiger partial charge in [0.05, 0.1) is 12.1 Å². The predicted octanol–water partition coefficient (Wildman–Crippen LogP) is 4.88. The Kier molecular flexibility index (Phi) is 18.3. The van der Waals surface area contributed by atoms with Crippen LogP contribution in [0.25, 0.3) is 0 Å². The van der Waals surface area contributed by atoms with Crippen LogP contribution in [0.3, 0.4) is 0 Å². The minimum atomic E-state index is -0.682. The van der Waals surface area contributed by atoms with Crippen LogP contribution >= 0.6 is 0 Å². The highest BCUT2D eigenvalue weighted by Crippen LogP contribution is 2.12. The SMILES string of the molecule is CCCCCCCCCCCCC/C=C/[C@@H](O)[C@H](CCCO)NC(C)=O. The highest BCUT2D eigenvalue weighted by atomic mass is 16.3. The molecule has 0 aromatic rings. The molecule has 4 heteroatoms. The van der Waals surface area contributed by atoms with Gasteiger partial charge in [0.25, 0.3) is 0 Å². The average Bonchev–Trinajstić information content (AvgIpc) is 2.62. The summed E-state index contributed by atoms with van der Waals surface area (Å²) in [6.07, 6.45) is 19.9. The van der Waals surface area contributed by atoms with Gasteiger partial charge in [-0.05, 0) is 25.7 Å². The molecule has 0 bridgehead atoms. The van der Waals surface area contributed by atoms with E-state index in [0.29, 0.717) is 12.8 Å². The molecule has 0 unspecified atom stereocenters. The first-order valence-corrected chi connectivity index (χ1v) is 10.8. The van der Waals surface area contributed by atoms with Crippen molar-refractivity contribution >= 4 is 5.91 Å². The van der Waals surface area contributed by atoms with Crippen LogP contribution in [-0.2, 0) is 4.79 Å². The molecule has 0 aliphatic rings. The maximum atomic E-state index is 11.2. The van der Waals surface area contributed by atoms with Gasteiger partial charge in [-0.2, -0.15) is 0 Å². The molecule has 0 saturated carbocycles. The van der Waals surface area contributed by atoms with Gasteiger partial charge < -0.3 is 15.5 Å². The highest BCUT2D eigenvalue weighted by molar-refractivity contribution is 5.73. The Balaban J connectivity index is 3.63. The fourth-order valence-corrected chi connectivity index (χ4v) is 3.20. The first-order valence-electron chi connectivity index (χ1n) is 10.8. The second kappa shape index (κ2) is 18.9. The normalized spacial score (nSPS) is 13.8. The summed E-state index contributed by atoms with van der Waals surface area (Å²) in [5, 5.41) is 21.9. The van der Waals surface area contributed by atoms with E-state index >= 15 is 0 Å². The molecule has 26 heavy (non-hydrogen) atoms. The van der Waals surface area contributed by atoms with Gasteiger partial charge in [0.2, 0.25) is 5.91 Å². The zero-order valence-electron chi connectivity index (χ0n) is 17.2. The van der Waals surface area contributed by atoms with E-state index in [2.05, 4.69) is 12.2 Å². The van der Waals surface area contributed by atoms with Crippen LogP contribution in [0.15, 0.2) is 12.2 Å². The number of hydrogen-bond donors (Lipinski definition) is 3. The number of amides is 1. The van der Waals surface area contributed by atoms with Crippen molar-refractivity contribution in [2.45, 2.75) is 116 Å². The standard InChI is InChI=1S/C22H43NO3/c1-3-4-5-6-7-8-9-10-11-12-13-14-15-18-22(26)21(17-16-19-24)23-20(2)25/h15,18,21-22,24,26H,3-14,16-17,19H2,1-2H3,(H,23,25)/b18-15+/t21-,22+/m0/s1. The van der Waals surface area contributed by atoms with Gasteiger partial charge in [-0.25, -0.2) is 0 Å². The molecule has 0 saturated heterocycles. The van der Waals surface area contributed by atoms with Gasteiger partial charge in [-0.1, -0.05) is 83.3 Å². The molecule has 0 aromatic carbocycles. The lowest BCUT2D eigenvalue weighted by Crippen LogP contribution is -2.41. The largest absolute Gasteiger partial charge is 0.396 e. The molecule has 0 aliphatic carbocycles. The number of nitrogens with one attached hydrogen (secondary N) is 1. The smallest absolute Gasteiger partial charge is 0.217 e. The first kappa shape index (κ1) is 25.1. The third kappa shape index (κ3) is 16.6. The number of allylic oxidation sites excluding steroid dienone is 1. The minimum absolute atomic E-state index is 0.0747. The van der Waals surface area contributed by atoms with E-state index in [1.165, 1.54) is 71.1 Å². The third-order valence-corrected chi connectivity index (χ3v) is 4.78. The predicted molar refractivity (Wildman–Crippen MR) is 110 cm³/mol. The van der Waals surface area contributed by atoms with E-state index in [-0.39, 0.29) is 18.6 Å². The monoisotopic (exact) mass is 369 g/mol. The topological polar surface area (TPSA) is 69.6 Å². The molecule has 0 radical (unpaired) electrons. The van der Waals surface area contributed by atoms with E-state index in [9.17, 15) is 9.90 Å². The van der Waals surface area contributed by atoms with Crippen LogP contribution in [0.4, 0.5) is 0 Å². The Morgan fingerprint density at radius 2 is 1.46 bits per heavy atom. The van der Waals surface area contributed by atoms with Gasteiger partial charge in [0.15, 0.2) is 0 Å². The second-order valence-corrected chi connectivity index (χ2v) is 7.42. The van der Waals surface area contributed by atoms with Gasteiger partial charge in [0, 0.05) is 13.5 Å². The summed E-state index contributed by atoms with van der Waals surface area (Å²) in [6, 6.07) is -0.312. The molecule has 154 valence electrons. The summed E-state index contributed by atoms with van der Waals surface area (Å²) in [5.41, 5.74) is 0. The third-order valence-electron chi connectivity index (χ3n) is 4.78. The molecule has 0 rings (SSSR count). The Morgan fingerprint density at radius 3 is 1.96 bits per heavy atom. The van der Waals surface area contributed by atoms with E-state index in [4.69, 9.17) is 5.11 Å². The molecule has 0 aromatic heterocycles. The van der Waals surface area contributed by atoms with E-state index in [1.807, 2.05) is 6.08 Å². The zero-order chi connectivity index (χ0) is 19.5. The summed E-state index contributed by atoms with van der Waals surface area (Å²) >= 11 is 0. The number of aliphatic hydroxyl groups is 2. The maximum absolute atomic E-state index is 11.2. The van der Waals surface area contributed by atoms with Crippen LogP contribution in [0.5, 0.6) is 0 Å². The Labute approximate surface area is 161 Å². The van der Waals surface area contributed by atoms with Crippen molar-refractivity contribution in [2.75, 3.05) is 6.61 Å². The van der Waals surface area contributed by atoms with Crippen molar-refractivity contribution in [1.82, 2.24) is 5.32 Å². The molecular formula is C22H43NO3. The Bertz CT molecular complexity index is 344. The Morgan fingerprint density at radius 1 is 0.923 bits per heavy atom. The lowest BCUT2D eigenvalue weighted by Gasteiger charge is -2.21. The molecule has 4 nitrogen and oxygen atoms in total. The summed E-state index contributed by atoms with van der Waals surface area (Å²) in [6.45, 7) is 3.79. The molecular weight excluding hydrogens is 326 g/mol. The lowest BCUT2D eigenvalue weighted by atomic mass is 10.0. The summed E-state index contributed by atoms with van der Waals surface area (Å²) in [5.74, 6) is -0.147. The quantitative estimate of drug-likeness (QED) is 0.238. The molecule has 0 heterocycles. The molecule has 0 aliphatic heterocycles. The van der Waals surface area contributed by atoms with Gasteiger partial charge in [-0.15, -0.1) is 0 Å². The van der Waals surface area contributed by atoms with E-state index in [0.717, 1.165) is 12.8 Å². The fourth-order valence-electron chi connectivity index (χ4n) is 3.20. The van der Waals surface area contributed by atoms with Crippen LogP contribution in [0.2, 0.25) is 0 Å². The molecule has 3 N–H and O–H groups in total. The van der Waals surface area contributed by atoms with Crippen molar-refractivity contribution in [1.29, 1.82) is 0 Å². The minimum Gasteiger partial charge on any atom is -0.396 e. The lowest BCUT2D eigenvalue weighted by molar-refractivity contribution is -0.120. The number of hydrogen-bond acceptors (Lipinski definition) is 3. The van der Waals surface area contributed by atoms with Gasteiger partial charge in [-0.3, -0.25) is 4.79 Å². The van der Waals surface area contributed by atoms with Crippen LogP contribution < -0.4 is 5.32 Å². The van der Waals surface area contributed by atoms with Crippen molar-refractivity contribution in [3.8, 4) is 0 Å². The second-order valence-electron chi connectivity index (χ2n) is 7.42. The number of unbranched alkanes of at least 4 members (excludes halogenated alkanes) is 11. The maximum Gasteiger partial charge on any atom is 0.217 e. The molecule has 2 atom stereocenters. The summed E-state index contributed by atoms with van der Waals surface area (Å²) in [4.78, 5) is 11.2. The summed E-state index contributed by atoms with van der Waals surface area (Å²) < 4.78 is 0. The van der Waals surface area contributed by atoms with Crippen molar-refractivity contribution in [3.05, 3.63) is 12.2 Å². The van der Waals surface area contributed by atoms with Crippen LogP contribution in [-0.4, -0.2) is 34.9 Å². The van der Waals surface area contributed by atoms with Gasteiger partial charge in [0.1, 0.15) is 0 Å². The Hall–Kier alpha value is -0.870. The van der Waals surface area contributed by atoms with Gasteiger partial charge >= 0.3 is 0 Å². The van der Waals surface area contributed by atoms with E-state index in [1.54, 1.807) is 6.08 Å². The number of carbonyl (C=O) groups excluding carboxylic acids is 1. The van der Waals surface area contributed by atoms with E-state index < -0.39 is 6.10 Å². The highest BCUT2D eigenvalue weighted by Gasteiger charge is 2.16.